The molecule has 0 saturated carbocycles. The Labute approximate surface area is 265 Å². The van der Waals surface area contributed by atoms with Gasteiger partial charge in [0.2, 0.25) is 0 Å². The van der Waals surface area contributed by atoms with E-state index in [1.54, 1.807) is 0 Å². The number of nitrogens with zero attached hydrogens (tertiary/aromatic N) is 2. The molecule has 0 bridgehead atoms. The maximum atomic E-state index is 4.90. The number of thiophene rings is 1. The van der Waals surface area contributed by atoms with E-state index in [0.29, 0.717) is 0 Å². The molecule has 3 heterocycles. The normalized spacial score (nSPS) is 14.5. The Bertz CT molecular complexity index is 2540. The van der Waals surface area contributed by atoms with Crippen molar-refractivity contribution < 1.29 is 0 Å². The zero-order valence-electron chi connectivity index (χ0n) is 24.3. The lowest BCUT2D eigenvalue weighted by atomic mass is 9.99. The largest absolute Gasteiger partial charge is 0.287 e. The Morgan fingerprint density at radius 2 is 1.27 bits per heavy atom. The molecule has 0 N–H and O–H groups in total. The minimum atomic E-state index is -0.00127. The Hall–Kier alpha value is -5.69. The molecule has 2 aromatic heterocycles. The van der Waals surface area contributed by atoms with Crippen LogP contribution in [-0.2, 0) is 0 Å². The van der Waals surface area contributed by atoms with E-state index in [0.717, 1.165) is 16.9 Å². The molecule has 8 aromatic rings. The highest BCUT2D eigenvalue weighted by atomic mass is 32.1. The number of hydrogen-bond donors (Lipinski definition) is 0. The lowest BCUT2D eigenvalue weighted by molar-refractivity contribution is 1.12. The molecular formula is C42H26N2S. The van der Waals surface area contributed by atoms with E-state index < -0.39 is 0 Å². The van der Waals surface area contributed by atoms with Crippen molar-refractivity contribution in [1.82, 2.24) is 4.57 Å². The van der Waals surface area contributed by atoms with Gasteiger partial charge in [0.1, 0.15) is 0 Å². The standard InChI is InChI=1S/C42H26N2S/c1-3-10-28(11-4-1)30-20-23-41(43-25-24-30)44-38-21-18-31(29-12-5-2-6-13-29)26-36(38)37-27-32(19-22-39(37)44)33-15-9-16-35-34-14-7-8-17-40(34)45-42(33)35/h1-19,21-22,24-27,30H. The van der Waals surface area contributed by atoms with Crippen LogP contribution in [0.3, 0.4) is 0 Å². The molecule has 0 aliphatic carbocycles. The molecule has 2 nitrogen and oxygen atoms in total. The van der Waals surface area contributed by atoms with Crippen LogP contribution in [0.25, 0.3) is 64.2 Å². The fraction of sp³-hybridized carbons (Fsp3) is 0.0238. The van der Waals surface area contributed by atoms with Gasteiger partial charge in [-0.15, -0.1) is 11.3 Å². The molecule has 1 unspecified atom stereocenters. The summed E-state index contributed by atoms with van der Waals surface area (Å²) in [5, 5.41) is 5.01. The van der Waals surface area contributed by atoms with Crippen LogP contribution < -0.4 is 0 Å². The van der Waals surface area contributed by atoms with Crippen LogP contribution in [0.1, 0.15) is 11.5 Å². The Balaban J connectivity index is 1.27. The van der Waals surface area contributed by atoms with Gasteiger partial charge in [-0.1, -0.05) is 115 Å². The van der Waals surface area contributed by atoms with Gasteiger partial charge in [0.15, 0.2) is 5.84 Å². The van der Waals surface area contributed by atoms with Crippen LogP contribution in [0.5, 0.6) is 0 Å². The summed E-state index contributed by atoms with van der Waals surface area (Å²) in [7, 11) is 0. The van der Waals surface area contributed by atoms with Crippen LogP contribution >= 0.6 is 11.3 Å². The highest BCUT2D eigenvalue weighted by molar-refractivity contribution is 7.26. The molecule has 0 spiro atoms. The lowest BCUT2D eigenvalue weighted by Gasteiger charge is -2.07. The van der Waals surface area contributed by atoms with Crippen molar-refractivity contribution in [2.45, 2.75) is 5.92 Å². The van der Waals surface area contributed by atoms with Gasteiger partial charge in [0, 0.05) is 37.1 Å². The first-order valence-corrected chi connectivity index (χ1v) is 16.0. The maximum absolute atomic E-state index is 4.90. The monoisotopic (exact) mass is 590 g/mol. The third kappa shape index (κ3) is 4.31. The molecule has 0 fully saturated rings. The molecule has 0 radical (unpaired) electrons. The van der Waals surface area contributed by atoms with Crippen molar-refractivity contribution >= 4 is 59.2 Å². The number of rotatable bonds is 3. The molecule has 210 valence electrons. The second kappa shape index (κ2) is 10.5. The third-order valence-corrected chi connectivity index (χ3v) is 9.99. The van der Waals surface area contributed by atoms with Crippen molar-refractivity contribution in [3.63, 3.8) is 0 Å². The van der Waals surface area contributed by atoms with E-state index in [1.165, 1.54) is 58.8 Å². The minimum absolute atomic E-state index is 0.00127. The summed E-state index contributed by atoms with van der Waals surface area (Å²) >= 11 is 1.87. The first kappa shape index (κ1) is 25.8. The summed E-state index contributed by atoms with van der Waals surface area (Å²) in [6, 6.07) is 50.0. The SMILES string of the molecule is C1#CC(c2ccccc2)C=CN=C1n1c2ccc(-c3ccccc3)cc2c2cc(-c3cccc4c3sc3ccccc34)ccc21. The molecular weight excluding hydrogens is 565 g/mol. The molecule has 9 rings (SSSR count). The average molecular weight is 591 g/mol. The smallest absolute Gasteiger partial charge is 0.190 e. The number of hydrogen-bond acceptors (Lipinski definition) is 2. The fourth-order valence-corrected chi connectivity index (χ4v) is 7.83. The molecule has 0 saturated heterocycles. The van der Waals surface area contributed by atoms with E-state index in [4.69, 9.17) is 4.99 Å². The van der Waals surface area contributed by atoms with Gasteiger partial charge < -0.3 is 0 Å². The van der Waals surface area contributed by atoms with Crippen LogP contribution in [0.2, 0.25) is 0 Å². The van der Waals surface area contributed by atoms with E-state index >= 15 is 0 Å². The molecule has 1 atom stereocenters. The Morgan fingerprint density at radius 3 is 2.09 bits per heavy atom. The second-order valence-electron chi connectivity index (χ2n) is 11.4. The number of aromatic nitrogens is 1. The molecule has 0 amide bonds. The van der Waals surface area contributed by atoms with Crippen molar-refractivity contribution in [1.29, 1.82) is 0 Å². The third-order valence-electron chi connectivity index (χ3n) is 8.77. The van der Waals surface area contributed by atoms with E-state index in [2.05, 4.69) is 156 Å². The fourth-order valence-electron chi connectivity index (χ4n) is 6.59. The van der Waals surface area contributed by atoms with Crippen LogP contribution in [0, 0.1) is 11.8 Å². The molecule has 6 aromatic carbocycles. The van der Waals surface area contributed by atoms with Gasteiger partial charge in [-0.05, 0) is 70.1 Å². The van der Waals surface area contributed by atoms with Gasteiger partial charge >= 0.3 is 0 Å². The van der Waals surface area contributed by atoms with Gasteiger partial charge in [-0.2, -0.15) is 0 Å². The van der Waals surface area contributed by atoms with Gasteiger partial charge in [0.05, 0.1) is 17.0 Å². The number of benzene rings is 6. The summed E-state index contributed by atoms with van der Waals surface area (Å²) < 4.78 is 4.87. The summed E-state index contributed by atoms with van der Waals surface area (Å²) in [4.78, 5) is 4.90. The van der Waals surface area contributed by atoms with Crippen molar-refractivity contribution in [3.8, 4) is 34.1 Å². The van der Waals surface area contributed by atoms with Gasteiger partial charge in [-0.25, -0.2) is 4.99 Å². The predicted molar refractivity (Wildman–Crippen MR) is 192 cm³/mol. The molecule has 1 aliphatic heterocycles. The summed E-state index contributed by atoms with van der Waals surface area (Å²) in [5.41, 5.74) is 8.23. The minimum Gasteiger partial charge on any atom is -0.287 e. The summed E-state index contributed by atoms with van der Waals surface area (Å²) in [6.45, 7) is 0. The number of fused-ring (bicyclic) bond motifs is 6. The maximum Gasteiger partial charge on any atom is 0.190 e. The van der Waals surface area contributed by atoms with Gasteiger partial charge in [0.25, 0.3) is 0 Å². The highest BCUT2D eigenvalue weighted by Crippen LogP contribution is 2.42. The van der Waals surface area contributed by atoms with Crippen LogP contribution in [0.15, 0.2) is 157 Å². The van der Waals surface area contributed by atoms with E-state index in [9.17, 15) is 0 Å². The first-order valence-electron chi connectivity index (χ1n) is 15.2. The number of aliphatic imine (C=N–C) groups is 1. The average Bonchev–Trinajstić information content (AvgIpc) is 3.53. The number of allylic oxidation sites excluding steroid dienone is 1. The zero-order chi connectivity index (χ0) is 29.7. The summed E-state index contributed by atoms with van der Waals surface area (Å²) in [6.07, 6.45) is 3.98. The second-order valence-corrected chi connectivity index (χ2v) is 12.4. The zero-order valence-corrected chi connectivity index (χ0v) is 25.1. The predicted octanol–water partition coefficient (Wildman–Crippen LogP) is 11.1. The Morgan fingerprint density at radius 1 is 0.578 bits per heavy atom. The molecule has 1 aliphatic rings. The van der Waals surface area contributed by atoms with Crippen LogP contribution in [0.4, 0.5) is 0 Å². The highest BCUT2D eigenvalue weighted by Gasteiger charge is 2.18. The van der Waals surface area contributed by atoms with E-state index in [-0.39, 0.29) is 5.92 Å². The van der Waals surface area contributed by atoms with Crippen molar-refractivity contribution in [2.75, 3.05) is 0 Å². The van der Waals surface area contributed by atoms with Crippen LogP contribution in [-0.4, -0.2) is 10.4 Å². The first-order chi connectivity index (χ1) is 22.3. The molecule has 45 heavy (non-hydrogen) atoms. The summed E-state index contributed by atoms with van der Waals surface area (Å²) in [5.74, 6) is 7.67. The Kier molecular flexibility index (Phi) is 6.01. The quantitative estimate of drug-likeness (QED) is 0.182. The van der Waals surface area contributed by atoms with E-state index in [1.807, 2.05) is 23.6 Å². The molecule has 3 heteroatoms. The topological polar surface area (TPSA) is 17.3 Å². The lowest BCUT2D eigenvalue weighted by Crippen LogP contribution is -2.08. The van der Waals surface area contributed by atoms with Gasteiger partial charge in [-0.3, -0.25) is 4.57 Å². The van der Waals surface area contributed by atoms with Crippen molar-refractivity contribution in [2.24, 2.45) is 4.99 Å². The van der Waals surface area contributed by atoms with Crippen molar-refractivity contribution in [3.05, 3.63) is 157 Å².